The normalized spacial score (nSPS) is 25.0. The highest BCUT2D eigenvalue weighted by atomic mass is 14.7. The van der Waals surface area contributed by atoms with Crippen molar-refractivity contribution in [2.75, 3.05) is 6.54 Å². The summed E-state index contributed by atoms with van der Waals surface area (Å²) in [7, 11) is 0. The van der Waals surface area contributed by atoms with Crippen molar-refractivity contribution in [2.45, 2.75) is 64.2 Å². The van der Waals surface area contributed by atoms with Crippen LogP contribution in [0.3, 0.4) is 0 Å². The molecule has 2 fully saturated rings. The molecule has 0 aliphatic heterocycles. The fourth-order valence-electron chi connectivity index (χ4n) is 2.75. The van der Waals surface area contributed by atoms with Gasteiger partial charge in [-0.2, -0.15) is 0 Å². The van der Waals surface area contributed by atoms with E-state index in [1.54, 1.807) is 0 Å². The zero-order chi connectivity index (χ0) is 9.64. The maximum atomic E-state index is 4.82. The third-order valence-corrected chi connectivity index (χ3v) is 3.73. The van der Waals surface area contributed by atoms with Crippen LogP contribution in [0.4, 0.5) is 0 Å². The summed E-state index contributed by atoms with van der Waals surface area (Å²) in [6.07, 6.45) is 14.1. The van der Waals surface area contributed by atoms with E-state index >= 15 is 0 Å². The Bertz CT molecular complexity index is 181. The number of hydrogen-bond acceptors (Lipinski definition) is 1. The van der Waals surface area contributed by atoms with Crippen molar-refractivity contribution < 1.29 is 0 Å². The second kappa shape index (κ2) is 5.53. The van der Waals surface area contributed by atoms with Crippen LogP contribution >= 0.6 is 0 Å². The third-order valence-electron chi connectivity index (χ3n) is 3.73. The van der Waals surface area contributed by atoms with Gasteiger partial charge in [0, 0.05) is 12.3 Å². The fraction of sp³-hybridized carbons (Fsp3) is 0.923. The van der Waals surface area contributed by atoms with Gasteiger partial charge in [-0.15, -0.1) is 0 Å². The minimum Gasteiger partial charge on any atom is -0.294 e. The largest absolute Gasteiger partial charge is 0.294 e. The molecule has 1 nitrogen and oxygen atoms in total. The van der Waals surface area contributed by atoms with Gasteiger partial charge in [0.15, 0.2) is 0 Å². The van der Waals surface area contributed by atoms with Gasteiger partial charge < -0.3 is 0 Å². The molecule has 2 rings (SSSR count). The van der Waals surface area contributed by atoms with Gasteiger partial charge in [0.25, 0.3) is 0 Å². The van der Waals surface area contributed by atoms with Crippen molar-refractivity contribution in [1.29, 1.82) is 0 Å². The molecule has 1 heteroatoms. The third kappa shape index (κ3) is 3.11. The van der Waals surface area contributed by atoms with E-state index in [0.29, 0.717) is 0 Å². The first-order valence-corrected chi connectivity index (χ1v) is 6.47. The number of aliphatic imine (C=N–C) groups is 1. The Kier molecular flexibility index (Phi) is 4.03. The van der Waals surface area contributed by atoms with E-state index < -0.39 is 0 Å². The summed E-state index contributed by atoms with van der Waals surface area (Å²) in [6, 6.07) is 0. The van der Waals surface area contributed by atoms with Crippen molar-refractivity contribution in [3.8, 4) is 0 Å². The summed E-state index contributed by atoms with van der Waals surface area (Å²) in [6.45, 7) is 1.15. The van der Waals surface area contributed by atoms with Crippen molar-refractivity contribution in [1.82, 2.24) is 0 Å². The second-order valence-electron chi connectivity index (χ2n) is 4.97. The first-order valence-electron chi connectivity index (χ1n) is 6.47. The summed E-state index contributed by atoms with van der Waals surface area (Å²) in [5.74, 6) is 0.929. The minimum absolute atomic E-state index is 0.929. The highest BCUT2D eigenvalue weighted by molar-refractivity contribution is 5.84. The molecule has 0 saturated heterocycles. The molecule has 14 heavy (non-hydrogen) atoms. The van der Waals surface area contributed by atoms with Crippen LogP contribution in [-0.4, -0.2) is 12.3 Å². The lowest BCUT2D eigenvalue weighted by Gasteiger charge is -2.20. The van der Waals surface area contributed by atoms with Crippen LogP contribution in [0.25, 0.3) is 0 Å². The second-order valence-corrected chi connectivity index (χ2v) is 4.97. The van der Waals surface area contributed by atoms with Crippen LogP contribution in [-0.2, 0) is 0 Å². The lowest BCUT2D eigenvalue weighted by molar-refractivity contribution is 0.366. The van der Waals surface area contributed by atoms with Gasteiger partial charge in [-0.3, -0.25) is 4.99 Å². The van der Waals surface area contributed by atoms with Gasteiger partial charge in [0.1, 0.15) is 0 Å². The molecule has 0 N–H and O–H groups in total. The lowest BCUT2D eigenvalue weighted by atomic mass is 9.89. The summed E-state index contributed by atoms with van der Waals surface area (Å²) < 4.78 is 0. The monoisotopic (exact) mass is 193 g/mol. The molecule has 0 aromatic heterocycles. The SMILES string of the molecule is C1CCC(=NCC2CCCCC2)CC1. The molecule has 0 aromatic rings. The van der Waals surface area contributed by atoms with Gasteiger partial charge in [0.2, 0.25) is 0 Å². The number of nitrogens with zero attached hydrogens (tertiary/aromatic N) is 1. The Morgan fingerprint density at radius 3 is 2.21 bits per heavy atom. The molecule has 2 aliphatic carbocycles. The first-order chi connectivity index (χ1) is 6.95. The minimum atomic E-state index is 0.929. The van der Waals surface area contributed by atoms with Gasteiger partial charge >= 0.3 is 0 Å². The predicted molar refractivity (Wildman–Crippen MR) is 62.0 cm³/mol. The highest BCUT2D eigenvalue weighted by Crippen LogP contribution is 2.24. The Hall–Kier alpha value is -0.330. The van der Waals surface area contributed by atoms with Crippen LogP contribution in [0.15, 0.2) is 4.99 Å². The molecule has 0 bridgehead atoms. The summed E-state index contributed by atoms with van der Waals surface area (Å²) in [5.41, 5.74) is 1.53. The van der Waals surface area contributed by atoms with Gasteiger partial charge in [-0.1, -0.05) is 25.7 Å². The standard InChI is InChI=1S/C13H23N/c1-3-7-12(8-4-1)11-14-13-9-5-2-6-10-13/h12H,1-11H2. The van der Waals surface area contributed by atoms with Crippen molar-refractivity contribution >= 4 is 5.71 Å². The number of rotatable bonds is 2. The summed E-state index contributed by atoms with van der Waals surface area (Å²) in [4.78, 5) is 4.82. The van der Waals surface area contributed by atoms with Gasteiger partial charge in [0.05, 0.1) is 0 Å². The molecule has 2 aliphatic rings. The molecule has 2 saturated carbocycles. The Labute approximate surface area is 88.0 Å². The van der Waals surface area contributed by atoms with E-state index in [-0.39, 0.29) is 0 Å². The molecule has 0 amide bonds. The lowest BCUT2D eigenvalue weighted by Crippen LogP contribution is -2.12. The quantitative estimate of drug-likeness (QED) is 0.629. The van der Waals surface area contributed by atoms with E-state index in [9.17, 15) is 0 Å². The molecule has 0 spiro atoms. The Morgan fingerprint density at radius 2 is 1.50 bits per heavy atom. The fourth-order valence-corrected chi connectivity index (χ4v) is 2.75. The Balaban J connectivity index is 1.73. The van der Waals surface area contributed by atoms with E-state index in [0.717, 1.165) is 12.5 Å². The maximum absolute atomic E-state index is 4.82. The van der Waals surface area contributed by atoms with Crippen LogP contribution in [0.5, 0.6) is 0 Å². The average molecular weight is 193 g/mol. The van der Waals surface area contributed by atoms with E-state index in [1.165, 1.54) is 69.9 Å². The van der Waals surface area contributed by atoms with Gasteiger partial charge in [-0.05, 0) is 44.4 Å². The molecule has 80 valence electrons. The molecule has 0 heterocycles. The van der Waals surface area contributed by atoms with Crippen LogP contribution < -0.4 is 0 Å². The average Bonchev–Trinajstić information content (AvgIpc) is 2.29. The topological polar surface area (TPSA) is 12.4 Å². The van der Waals surface area contributed by atoms with Crippen LogP contribution in [0.2, 0.25) is 0 Å². The molecular formula is C13H23N. The number of hydrogen-bond donors (Lipinski definition) is 0. The molecule has 0 atom stereocenters. The smallest absolute Gasteiger partial charge is 0.0416 e. The Morgan fingerprint density at radius 1 is 0.857 bits per heavy atom. The first kappa shape index (κ1) is 10.2. The van der Waals surface area contributed by atoms with Crippen LogP contribution in [0.1, 0.15) is 64.2 Å². The molecular weight excluding hydrogens is 170 g/mol. The molecule has 0 radical (unpaired) electrons. The van der Waals surface area contributed by atoms with Crippen molar-refractivity contribution in [2.24, 2.45) is 10.9 Å². The zero-order valence-electron chi connectivity index (χ0n) is 9.30. The maximum Gasteiger partial charge on any atom is 0.0416 e. The van der Waals surface area contributed by atoms with Crippen molar-refractivity contribution in [3.63, 3.8) is 0 Å². The summed E-state index contributed by atoms with van der Waals surface area (Å²) in [5, 5.41) is 0. The van der Waals surface area contributed by atoms with E-state index in [2.05, 4.69) is 0 Å². The highest BCUT2D eigenvalue weighted by Gasteiger charge is 2.13. The molecule has 0 aromatic carbocycles. The zero-order valence-corrected chi connectivity index (χ0v) is 9.30. The molecule has 0 unspecified atom stereocenters. The van der Waals surface area contributed by atoms with E-state index in [4.69, 9.17) is 4.99 Å². The van der Waals surface area contributed by atoms with Crippen molar-refractivity contribution in [3.05, 3.63) is 0 Å². The summed E-state index contributed by atoms with van der Waals surface area (Å²) >= 11 is 0. The predicted octanol–water partition coefficient (Wildman–Crippen LogP) is 3.97. The van der Waals surface area contributed by atoms with Crippen LogP contribution in [0, 0.1) is 5.92 Å². The van der Waals surface area contributed by atoms with E-state index in [1.807, 2.05) is 0 Å². The van der Waals surface area contributed by atoms with Gasteiger partial charge in [-0.25, -0.2) is 0 Å².